The van der Waals surface area contributed by atoms with Gasteiger partial charge in [-0.05, 0) is 13.8 Å². The van der Waals surface area contributed by atoms with Gasteiger partial charge in [-0.1, -0.05) is 11.6 Å². The van der Waals surface area contributed by atoms with Crippen molar-refractivity contribution in [3.8, 4) is 11.5 Å². The van der Waals surface area contributed by atoms with E-state index in [4.69, 9.17) is 11.6 Å². The molecule has 18 heavy (non-hydrogen) atoms. The highest BCUT2D eigenvalue weighted by Crippen LogP contribution is 2.23. The molecular formula is C11H11ClN6. The van der Waals surface area contributed by atoms with Gasteiger partial charge in [-0.15, -0.1) is 10.2 Å². The minimum absolute atomic E-state index is 0.360. The highest BCUT2D eigenvalue weighted by molar-refractivity contribution is 6.32. The molecule has 3 heterocycles. The molecule has 92 valence electrons. The molecule has 0 radical (unpaired) electrons. The summed E-state index contributed by atoms with van der Waals surface area (Å²) in [4.78, 5) is 8.33. The van der Waals surface area contributed by atoms with Gasteiger partial charge in [-0.25, -0.2) is 9.97 Å². The summed E-state index contributed by atoms with van der Waals surface area (Å²) in [6.07, 6.45) is 3.47. The average Bonchev–Trinajstić information content (AvgIpc) is 2.91. The second kappa shape index (κ2) is 3.78. The zero-order valence-corrected chi connectivity index (χ0v) is 11.0. The molecule has 0 amide bonds. The van der Waals surface area contributed by atoms with Crippen LogP contribution in [0.5, 0.6) is 0 Å². The van der Waals surface area contributed by atoms with Gasteiger partial charge >= 0.3 is 0 Å². The summed E-state index contributed by atoms with van der Waals surface area (Å²) in [5, 5.41) is 8.64. The SMILES string of the molecule is Cc1nc(Cl)c2nnc(-c3cncn3C)n2c1C. The molecule has 7 heteroatoms. The topological polar surface area (TPSA) is 60.9 Å². The van der Waals surface area contributed by atoms with Crippen molar-refractivity contribution in [3.63, 3.8) is 0 Å². The predicted molar refractivity (Wildman–Crippen MR) is 67.5 cm³/mol. The molecule has 3 aromatic rings. The first-order valence-electron chi connectivity index (χ1n) is 5.44. The lowest BCUT2D eigenvalue weighted by Crippen LogP contribution is -2.02. The van der Waals surface area contributed by atoms with Crippen LogP contribution in [0, 0.1) is 13.8 Å². The summed E-state index contributed by atoms with van der Waals surface area (Å²) in [5.41, 5.74) is 3.27. The molecule has 0 N–H and O–H groups in total. The summed E-state index contributed by atoms with van der Waals surface area (Å²) < 4.78 is 3.79. The molecule has 0 saturated carbocycles. The van der Waals surface area contributed by atoms with Gasteiger partial charge in [0.25, 0.3) is 0 Å². The predicted octanol–water partition coefficient (Wildman–Crippen LogP) is 1.80. The Kier molecular flexibility index (Phi) is 2.34. The van der Waals surface area contributed by atoms with Crippen LogP contribution in [0.3, 0.4) is 0 Å². The van der Waals surface area contributed by atoms with E-state index in [-0.39, 0.29) is 0 Å². The monoisotopic (exact) mass is 262 g/mol. The summed E-state index contributed by atoms with van der Waals surface area (Å²) in [6.45, 7) is 3.88. The molecule has 0 aromatic carbocycles. The van der Waals surface area contributed by atoms with E-state index in [1.54, 1.807) is 12.5 Å². The largest absolute Gasteiger partial charge is 0.331 e. The van der Waals surface area contributed by atoms with Crippen LogP contribution in [0.1, 0.15) is 11.4 Å². The Hall–Kier alpha value is -1.95. The van der Waals surface area contributed by atoms with Crippen LogP contribution < -0.4 is 0 Å². The Morgan fingerprint density at radius 1 is 1.22 bits per heavy atom. The van der Waals surface area contributed by atoms with Crippen LogP contribution >= 0.6 is 11.6 Å². The maximum absolute atomic E-state index is 6.09. The Bertz CT molecular complexity index is 741. The molecule has 3 aromatic heterocycles. The third-order valence-electron chi connectivity index (χ3n) is 3.02. The first-order chi connectivity index (χ1) is 8.59. The highest BCUT2D eigenvalue weighted by Gasteiger charge is 2.17. The fourth-order valence-corrected chi connectivity index (χ4v) is 2.16. The molecular weight excluding hydrogens is 252 g/mol. The van der Waals surface area contributed by atoms with Crippen molar-refractivity contribution in [1.82, 2.24) is 29.1 Å². The smallest absolute Gasteiger partial charge is 0.199 e. The van der Waals surface area contributed by atoms with E-state index in [0.29, 0.717) is 10.8 Å². The van der Waals surface area contributed by atoms with Gasteiger partial charge in [-0.3, -0.25) is 4.40 Å². The minimum atomic E-state index is 0.360. The molecule has 0 spiro atoms. The van der Waals surface area contributed by atoms with Gasteiger partial charge in [0.1, 0.15) is 5.69 Å². The van der Waals surface area contributed by atoms with Gasteiger partial charge in [-0.2, -0.15) is 0 Å². The van der Waals surface area contributed by atoms with Crippen LogP contribution in [0.2, 0.25) is 5.15 Å². The van der Waals surface area contributed by atoms with Crippen molar-refractivity contribution in [2.75, 3.05) is 0 Å². The Balaban J connectivity index is 2.42. The highest BCUT2D eigenvalue weighted by atomic mass is 35.5. The van der Waals surface area contributed by atoms with Crippen molar-refractivity contribution < 1.29 is 0 Å². The standard InChI is InChI=1S/C11H11ClN6/c1-6-7(2)18-10(8-4-13-5-17(8)3)15-16-11(18)9(12)14-6/h4-5H,1-3H3. The summed E-state index contributed by atoms with van der Waals surface area (Å²) in [6, 6.07) is 0. The van der Waals surface area contributed by atoms with E-state index in [9.17, 15) is 0 Å². The number of rotatable bonds is 1. The number of aryl methyl sites for hydroxylation is 3. The second-order valence-corrected chi connectivity index (χ2v) is 4.50. The van der Waals surface area contributed by atoms with Gasteiger partial charge < -0.3 is 4.57 Å². The van der Waals surface area contributed by atoms with Gasteiger partial charge in [0.05, 0.1) is 18.2 Å². The molecule has 0 saturated heterocycles. The van der Waals surface area contributed by atoms with Crippen LogP contribution in [-0.4, -0.2) is 29.1 Å². The first kappa shape index (κ1) is 11.2. The van der Waals surface area contributed by atoms with Gasteiger partial charge in [0.15, 0.2) is 16.6 Å². The number of fused-ring (bicyclic) bond motifs is 1. The molecule has 0 aliphatic rings. The van der Waals surface area contributed by atoms with Crippen LogP contribution in [0.25, 0.3) is 17.2 Å². The van der Waals surface area contributed by atoms with E-state index in [1.807, 2.05) is 29.9 Å². The van der Waals surface area contributed by atoms with Crippen molar-refractivity contribution in [3.05, 3.63) is 29.1 Å². The average molecular weight is 263 g/mol. The summed E-state index contributed by atoms with van der Waals surface area (Å²) in [5.74, 6) is 0.718. The lowest BCUT2D eigenvalue weighted by molar-refractivity contribution is 0.898. The fourth-order valence-electron chi connectivity index (χ4n) is 1.91. The van der Waals surface area contributed by atoms with Crippen molar-refractivity contribution in [1.29, 1.82) is 0 Å². The number of imidazole rings is 1. The number of hydrogen-bond acceptors (Lipinski definition) is 4. The minimum Gasteiger partial charge on any atom is -0.331 e. The van der Waals surface area contributed by atoms with E-state index in [0.717, 1.165) is 22.9 Å². The lowest BCUT2D eigenvalue weighted by Gasteiger charge is -2.07. The molecule has 0 atom stereocenters. The van der Waals surface area contributed by atoms with Crippen LogP contribution in [-0.2, 0) is 7.05 Å². The zero-order valence-electron chi connectivity index (χ0n) is 10.2. The fraction of sp³-hybridized carbons (Fsp3) is 0.273. The summed E-state index contributed by atoms with van der Waals surface area (Å²) in [7, 11) is 1.91. The van der Waals surface area contributed by atoms with Crippen molar-refractivity contribution in [2.24, 2.45) is 7.05 Å². The quantitative estimate of drug-likeness (QED) is 0.671. The number of nitrogens with zero attached hydrogens (tertiary/aromatic N) is 6. The van der Waals surface area contributed by atoms with E-state index >= 15 is 0 Å². The first-order valence-corrected chi connectivity index (χ1v) is 5.82. The summed E-state index contributed by atoms with van der Waals surface area (Å²) >= 11 is 6.09. The van der Waals surface area contributed by atoms with Crippen LogP contribution in [0.15, 0.2) is 12.5 Å². The Morgan fingerprint density at radius 3 is 2.67 bits per heavy atom. The lowest BCUT2D eigenvalue weighted by atomic mass is 10.3. The number of aromatic nitrogens is 6. The second-order valence-electron chi connectivity index (χ2n) is 4.15. The third kappa shape index (κ3) is 1.42. The zero-order chi connectivity index (χ0) is 12.9. The third-order valence-corrected chi connectivity index (χ3v) is 3.27. The molecule has 0 unspecified atom stereocenters. The molecule has 6 nitrogen and oxygen atoms in total. The normalized spacial score (nSPS) is 11.3. The molecule has 0 bridgehead atoms. The number of halogens is 1. The maximum atomic E-state index is 6.09. The van der Waals surface area contributed by atoms with Gasteiger partial charge in [0, 0.05) is 12.7 Å². The van der Waals surface area contributed by atoms with E-state index < -0.39 is 0 Å². The Morgan fingerprint density at radius 2 is 2.00 bits per heavy atom. The molecule has 0 aliphatic heterocycles. The van der Waals surface area contributed by atoms with Crippen molar-refractivity contribution >= 4 is 17.2 Å². The Labute approximate surface area is 108 Å². The number of hydrogen-bond donors (Lipinski definition) is 0. The van der Waals surface area contributed by atoms with Crippen molar-refractivity contribution in [2.45, 2.75) is 13.8 Å². The van der Waals surface area contributed by atoms with E-state index in [1.165, 1.54) is 0 Å². The van der Waals surface area contributed by atoms with Gasteiger partial charge in [0.2, 0.25) is 0 Å². The van der Waals surface area contributed by atoms with Crippen LogP contribution in [0.4, 0.5) is 0 Å². The molecule has 3 rings (SSSR count). The molecule has 0 fully saturated rings. The maximum Gasteiger partial charge on any atom is 0.199 e. The van der Waals surface area contributed by atoms with E-state index in [2.05, 4.69) is 20.2 Å². The molecule has 0 aliphatic carbocycles.